The lowest BCUT2D eigenvalue weighted by atomic mass is 10.2. The van der Waals surface area contributed by atoms with Gasteiger partial charge in [-0.2, -0.15) is 0 Å². The van der Waals surface area contributed by atoms with E-state index in [1.807, 2.05) is 0 Å². The van der Waals surface area contributed by atoms with Crippen molar-refractivity contribution < 1.29 is 4.74 Å². The summed E-state index contributed by atoms with van der Waals surface area (Å²) in [6.07, 6.45) is 5.62. The first-order valence-corrected chi connectivity index (χ1v) is 6.12. The van der Waals surface area contributed by atoms with Crippen LogP contribution in [0.5, 0.6) is 0 Å². The number of likely N-dealkylation sites (N-methyl/N-ethyl adjacent to an activating group) is 1. The first-order chi connectivity index (χ1) is 6.77. The number of rotatable bonds is 8. The Morgan fingerprint density at radius 2 is 2.07 bits per heavy atom. The van der Waals surface area contributed by atoms with Crippen molar-refractivity contribution in [1.29, 1.82) is 0 Å². The van der Waals surface area contributed by atoms with Crippen LogP contribution in [0.4, 0.5) is 0 Å². The van der Waals surface area contributed by atoms with Gasteiger partial charge in [-0.3, -0.25) is 0 Å². The van der Waals surface area contributed by atoms with E-state index in [9.17, 15) is 0 Å². The van der Waals surface area contributed by atoms with Crippen LogP contribution in [0.25, 0.3) is 0 Å². The predicted octanol–water partition coefficient (Wildman–Crippen LogP) is 2.58. The maximum absolute atomic E-state index is 5.84. The smallest absolute Gasteiger partial charge is 0.0625 e. The molecular formula is C12H25NO. The Morgan fingerprint density at radius 3 is 2.57 bits per heavy atom. The Hall–Kier alpha value is -0.0800. The van der Waals surface area contributed by atoms with Crippen LogP contribution < -0.4 is 5.32 Å². The minimum atomic E-state index is 0.430. The molecule has 14 heavy (non-hydrogen) atoms. The summed E-state index contributed by atoms with van der Waals surface area (Å²) in [7, 11) is 0. The molecule has 0 heterocycles. The summed E-state index contributed by atoms with van der Waals surface area (Å²) < 4.78 is 5.84. The first kappa shape index (κ1) is 12.0. The van der Waals surface area contributed by atoms with Gasteiger partial charge in [0.2, 0.25) is 0 Å². The molecule has 0 spiro atoms. The molecule has 1 aliphatic carbocycles. The second-order valence-electron chi connectivity index (χ2n) is 4.43. The van der Waals surface area contributed by atoms with E-state index in [1.54, 1.807) is 0 Å². The van der Waals surface area contributed by atoms with Gasteiger partial charge < -0.3 is 10.1 Å². The molecule has 1 rings (SSSR count). The topological polar surface area (TPSA) is 21.3 Å². The monoisotopic (exact) mass is 199 g/mol. The van der Waals surface area contributed by atoms with Crippen LogP contribution in [-0.4, -0.2) is 25.3 Å². The number of hydrogen-bond donors (Lipinski definition) is 1. The highest BCUT2D eigenvalue weighted by molar-refractivity contribution is 4.86. The first-order valence-electron chi connectivity index (χ1n) is 6.12. The average Bonchev–Trinajstić information content (AvgIpc) is 2.96. The molecule has 0 saturated heterocycles. The molecule has 0 bridgehead atoms. The van der Waals surface area contributed by atoms with E-state index in [2.05, 4.69) is 26.1 Å². The fourth-order valence-corrected chi connectivity index (χ4v) is 1.88. The second-order valence-corrected chi connectivity index (χ2v) is 4.43. The van der Waals surface area contributed by atoms with Gasteiger partial charge in [0.05, 0.1) is 12.7 Å². The van der Waals surface area contributed by atoms with Gasteiger partial charge in [0.1, 0.15) is 0 Å². The normalized spacial score (nSPS) is 20.8. The van der Waals surface area contributed by atoms with Gasteiger partial charge in [-0.05, 0) is 38.6 Å². The van der Waals surface area contributed by atoms with Crippen molar-refractivity contribution in [1.82, 2.24) is 5.32 Å². The Bertz CT molecular complexity index is 145. The van der Waals surface area contributed by atoms with Crippen molar-refractivity contribution in [3.8, 4) is 0 Å². The molecule has 0 aromatic carbocycles. The molecule has 1 aliphatic rings. The maximum atomic E-state index is 5.84. The number of nitrogens with one attached hydrogen (secondary N) is 1. The highest BCUT2D eigenvalue weighted by Crippen LogP contribution is 2.32. The van der Waals surface area contributed by atoms with Crippen molar-refractivity contribution in [2.24, 2.45) is 5.92 Å². The zero-order chi connectivity index (χ0) is 10.4. The fraction of sp³-hybridized carbons (Fsp3) is 1.00. The van der Waals surface area contributed by atoms with Crippen molar-refractivity contribution in [3.05, 3.63) is 0 Å². The van der Waals surface area contributed by atoms with Gasteiger partial charge in [0, 0.05) is 6.04 Å². The van der Waals surface area contributed by atoms with Crippen LogP contribution >= 0.6 is 0 Å². The lowest BCUT2D eigenvalue weighted by Crippen LogP contribution is -2.36. The SMILES string of the molecule is CCCC(C)OCC(NCC)C1CC1. The molecule has 1 fully saturated rings. The lowest BCUT2D eigenvalue weighted by molar-refractivity contribution is 0.0406. The minimum Gasteiger partial charge on any atom is -0.377 e. The number of hydrogen-bond acceptors (Lipinski definition) is 2. The molecule has 1 saturated carbocycles. The van der Waals surface area contributed by atoms with Crippen molar-refractivity contribution >= 4 is 0 Å². The molecular weight excluding hydrogens is 174 g/mol. The molecule has 2 heteroatoms. The van der Waals surface area contributed by atoms with E-state index < -0.39 is 0 Å². The maximum Gasteiger partial charge on any atom is 0.0625 e. The predicted molar refractivity (Wildman–Crippen MR) is 60.5 cm³/mol. The Balaban J connectivity index is 2.12. The molecule has 1 N–H and O–H groups in total. The summed E-state index contributed by atoms with van der Waals surface area (Å²) in [5.74, 6) is 0.892. The number of ether oxygens (including phenoxy) is 1. The van der Waals surface area contributed by atoms with E-state index in [0.29, 0.717) is 12.1 Å². The fourth-order valence-electron chi connectivity index (χ4n) is 1.88. The third kappa shape index (κ3) is 4.43. The zero-order valence-electron chi connectivity index (χ0n) is 9.88. The van der Waals surface area contributed by atoms with Crippen molar-refractivity contribution in [3.63, 3.8) is 0 Å². The average molecular weight is 199 g/mol. The van der Waals surface area contributed by atoms with Gasteiger partial charge in [-0.15, -0.1) is 0 Å². The summed E-state index contributed by atoms with van der Waals surface area (Å²) >= 11 is 0. The Kier molecular flexibility index (Phi) is 5.49. The van der Waals surface area contributed by atoms with Crippen LogP contribution in [0.1, 0.15) is 46.5 Å². The molecule has 2 unspecified atom stereocenters. The van der Waals surface area contributed by atoms with E-state index in [4.69, 9.17) is 4.74 Å². The Labute approximate surface area is 88.4 Å². The molecule has 2 atom stereocenters. The largest absolute Gasteiger partial charge is 0.377 e. The van der Waals surface area contributed by atoms with E-state index in [1.165, 1.54) is 25.7 Å². The molecule has 0 aromatic rings. The quantitative estimate of drug-likeness (QED) is 0.649. The third-order valence-electron chi connectivity index (χ3n) is 2.91. The van der Waals surface area contributed by atoms with Crippen molar-refractivity contribution in [2.75, 3.05) is 13.2 Å². The summed E-state index contributed by atoms with van der Waals surface area (Å²) in [5, 5.41) is 3.52. The van der Waals surface area contributed by atoms with Crippen LogP contribution in [0, 0.1) is 5.92 Å². The third-order valence-corrected chi connectivity index (χ3v) is 2.91. The summed E-state index contributed by atoms with van der Waals surface area (Å²) in [5.41, 5.74) is 0. The van der Waals surface area contributed by atoms with Gasteiger partial charge in [-0.25, -0.2) is 0 Å². The van der Waals surface area contributed by atoms with E-state index in [-0.39, 0.29) is 0 Å². The van der Waals surface area contributed by atoms with Gasteiger partial charge in [0.25, 0.3) is 0 Å². The highest BCUT2D eigenvalue weighted by atomic mass is 16.5. The minimum absolute atomic E-state index is 0.430. The molecule has 0 amide bonds. The van der Waals surface area contributed by atoms with Gasteiger partial charge in [0.15, 0.2) is 0 Å². The highest BCUT2D eigenvalue weighted by Gasteiger charge is 2.30. The van der Waals surface area contributed by atoms with Gasteiger partial charge >= 0.3 is 0 Å². The lowest BCUT2D eigenvalue weighted by Gasteiger charge is -2.20. The summed E-state index contributed by atoms with van der Waals surface area (Å²) in [4.78, 5) is 0. The summed E-state index contributed by atoms with van der Waals surface area (Å²) in [6.45, 7) is 8.53. The standard InChI is InChI=1S/C12H25NO/c1-4-6-10(3)14-9-12(13-5-2)11-7-8-11/h10-13H,4-9H2,1-3H3. The Morgan fingerprint density at radius 1 is 1.36 bits per heavy atom. The van der Waals surface area contributed by atoms with Crippen LogP contribution in [-0.2, 0) is 4.74 Å². The second kappa shape index (κ2) is 6.41. The molecule has 0 aliphatic heterocycles. The van der Waals surface area contributed by atoms with Gasteiger partial charge in [-0.1, -0.05) is 20.3 Å². The molecule has 2 nitrogen and oxygen atoms in total. The van der Waals surface area contributed by atoms with Crippen LogP contribution in [0.2, 0.25) is 0 Å². The molecule has 0 radical (unpaired) electrons. The van der Waals surface area contributed by atoms with E-state index >= 15 is 0 Å². The van der Waals surface area contributed by atoms with Crippen molar-refractivity contribution in [2.45, 2.75) is 58.6 Å². The molecule has 84 valence electrons. The van der Waals surface area contributed by atoms with Crippen LogP contribution in [0.15, 0.2) is 0 Å². The van der Waals surface area contributed by atoms with Crippen LogP contribution in [0.3, 0.4) is 0 Å². The summed E-state index contributed by atoms with van der Waals surface area (Å²) in [6, 6.07) is 0.610. The zero-order valence-corrected chi connectivity index (χ0v) is 9.88. The molecule has 0 aromatic heterocycles. The van der Waals surface area contributed by atoms with E-state index in [0.717, 1.165) is 19.1 Å².